The first kappa shape index (κ1) is 17.9. The van der Waals surface area contributed by atoms with Crippen LogP contribution in [0.2, 0.25) is 0 Å². The quantitative estimate of drug-likeness (QED) is 0.760. The van der Waals surface area contributed by atoms with Crippen molar-refractivity contribution in [3.8, 4) is 5.75 Å². The number of amides is 1. The lowest BCUT2D eigenvalue weighted by atomic mass is 10.3. The molecule has 0 atom stereocenters. The van der Waals surface area contributed by atoms with E-state index in [1.54, 1.807) is 7.11 Å². The number of aromatic nitrogens is 2. The van der Waals surface area contributed by atoms with Crippen LogP contribution in [0, 0.1) is 0 Å². The van der Waals surface area contributed by atoms with E-state index < -0.39 is 0 Å². The third kappa shape index (κ3) is 5.06. The summed E-state index contributed by atoms with van der Waals surface area (Å²) < 4.78 is 10.8. The number of aryl methyl sites for hydroxylation is 1. The minimum Gasteiger partial charge on any atom is -0.495 e. The van der Waals surface area contributed by atoms with Crippen LogP contribution in [0.1, 0.15) is 32.0 Å². The van der Waals surface area contributed by atoms with Crippen LogP contribution < -0.4 is 10.1 Å². The average Bonchev–Trinajstić information content (AvgIpc) is 3.03. The molecule has 0 saturated carbocycles. The molecule has 2 aromatic rings. The van der Waals surface area contributed by atoms with Crippen molar-refractivity contribution in [3.63, 3.8) is 0 Å². The van der Waals surface area contributed by atoms with E-state index in [0.717, 1.165) is 13.0 Å². The average molecular weight is 332 g/mol. The van der Waals surface area contributed by atoms with Crippen molar-refractivity contribution in [2.45, 2.75) is 33.2 Å². The lowest BCUT2D eigenvalue weighted by Gasteiger charge is -2.19. The van der Waals surface area contributed by atoms with Crippen LogP contribution in [-0.2, 0) is 17.8 Å². The molecule has 1 N–H and O–H groups in total. The van der Waals surface area contributed by atoms with Crippen LogP contribution in [0.15, 0.2) is 28.7 Å². The molecule has 0 saturated heterocycles. The Labute approximate surface area is 142 Å². The second kappa shape index (κ2) is 9.02. The van der Waals surface area contributed by atoms with Gasteiger partial charge in [-0.2, -0.15) is 0 Å². The van der Waals surface area contributed by atoms with Crippen molar-refractivity contribution >= 4 is 11.6 Å². The number of hydrogen-bond acceptors (Lipinski definition) is 6. The summed E-state index contributed by atoms with van der Waals surface area (Å²) in [6, 6.07) is 7.34. The molecule has 0 aliphatic heterocycles. The summed E-state index contributed by atoms with van der Waals surface area (Å²) in [7, 11) is 1.58. The first-order valence-electron chi connectivity index (χ1n) is 8.12. The summed E-state index contributed by atoms with van der Waals surface area (Å²) in [4.78, 5) is 14.3. The maximum absolute atomic E-state index is 12.3. The van der Waals surface area contributed by atoms with E-state index in [2.05, 4.69) is 22.4 Å². The predicted octanol–water partition coefficient (Wildman–Crippen LogP) is 2.49. The fourth-order valence-corrected chi connectivity index (χ4v) is 2.36. The number of rotatable bonds is 9. The number of ether oxygens (including phenoxy) is 1. The lowest BCUT2D eigenvalue weighted by molar-refractivity contribution is -0.117. The highest BCUT2D eigenvalue weighted by molar-refractivity contribution is 5.93. The molecule has 0 bridgehead atoms. The Kier molecular flexibility index (Phi) is 6.74. The molecule has 0 aliphatic rings. The molecule has 0 fully saturated rings. The van der Waals surface area contributed by atoms with Crippen LogP contribution >= 0.6 is 0 Å². The molecule has 7 nitrogen and oxygen atoms in total. The van der Waals surface area contributed by atoms with Crippen molar-refractivity contribution in [1.29, 1.82) is 0 Å². The predicted molar refractivity (Wildman–Crippen MR) is 90.9 cm³/mol. The fraction of sp³-hybridized carbons (Fsp3) is 0.471. The number of anilines is 1. The summed E-state index contributed by atoms with van der Waals surface area (Å²) in [5, 5.41) is 10.9. The van der Waals surface area contributed by atoms with Crippen LogP contribution in [0.4, 0.5) is 5.69 Å². The van der Waals surface area contributed by atoms with E-state index in [1.165, 1.54) is 0 Å². The molecule has 7 heteroatoms. The molecule has 24 heavy (non-hydrogen) atoms. The van der Waals surface area contributed by atoms with Gasteiger partial charge in [0.15, 0.2) is 0 Å². The van der Waals surface area contributed by atoms with Crippen molar-refractivity contribution in [2.24, 2.45) is 0 Å². The highest BCUT2D eigenvalue weighted by Crippen LogP contribution is 2.22. The maximum Gasteiger partial charge on any atom is 0.238 e. The van der Waals surface area contributed by atoms with Gasteiger partial charge in [-0.15, -0.1) is 10.2 Å². The third-order valence-electron chi connectivity index (χ3n) is 3.46. The van der Waals surface area contributed by atoms with E-state index in [1.807, 2.05) is 36.1 Å². The SMILES string of the molecule is CCCN(CC(=O)Nc1ccccc1OC)Cc1nnc(CC)o1. The zero-order chi connectivity index (χ0) is 17.4. The highest BCUT2D eigenvalue weighted by atomic mass is 16.5. The second-order valence-electron chi connectivity index (χ2n) is 5.40. The second-order valence-corrected chi connectivity index (χ2v) is 5.40. The molecule has 0 unspecified atom stereocenters. The Morgan fingerprint density at radius 3 is 2.67 bits per heavy atom. The smallest absolute Gasteiger partial charge is 0.238 e. The Hall–Kier alpha value is -2.41. The summed E-state index contributed by atoms with van der Waals surface area (Å²) in [6.45, 7) is 5.50. The number of carbonyl (C=O) groups excluding carboxylic acids is 1. The number of benzene rings is 1. The van der Waals surface area contributed by atoms with Gasteiger partial charge in [0.1, 0.15) is 5.75 Å². The maximum atomic E-state index is 12.3. The highest BCUT2D eigenvalue weighted by Gasteiger charge is 2.15. The van der Waals surface area contributed by atoms with Gasteiger partial charge in [0.05, 0.1) is 25.9 Å². The first-order chi connectivity index (χ1) is 11.7. The first-order valence-corrected chi connectivity index (χ1v) is 8.12. The summed E-state index contributed by atoms with van der Waals surface area (Å²) >= 11 is 0. The van der Waals surface area contributed by atoms with Gasteiger partial charge in [0.25, 0.3) is 0 Å². The van der Waals surface area contributed by atoms with Gasteiger partial charge in [-0.05, 0) is 25.1 Å². The van der Waals surface area contributed by atoms with Crippen LogP contribution in [0.5, 0.6) is 5.75 Å². The number of hydrogen-bond donors (Lipinski definition) is 1. The normalized spacial score (nSPS) is 10.8. The number of nitrogens with one attached hydrogen (secondary N) is 1. The van der Waals surface area contributed by atoms with E-state index >= 15 is 0 Å². The van der Waals surface area contributed by atoms with Crippen molar-refractivity contribution < 1.29 is 13.9 Å². The van der Waals surface area contributed by atoms with E-state index in [-0.39, 0.29) is 12.5 Å². The minimum atomic E-state index is -0.108. The van der Waals surface area contributed by atoms with E-state index in [0.29, 0.717) is 36.2 Å². The Morgan fingerprint density at radius 1 is 1.25 bits per heavy atom. The van der Waals surface area contributed by atoms with Gasteiger partial charge in [-0.25, -0.2) is 0 Å². The van der Waals surface area contributed by atoms with Gasteiger partial charge in [0, 0.05) is 6.42 Å². The molecule has 0 spiro atoms. The summed E-state index contributed by atoms with van der Waals surface area (Å²) in [5.74, 6) is 1.67. The zero-order valence-corrected chi connectivity index (χ0v) is 14.4. The minimum absolute atomic E-state index is 0.108. The van der Waals surface area contributed by atoms with E-state index in [9.17, 15) is 4.79 Å². The van der Waals surface area contributed by atoms with Crippen LogP contribution in [-0.4, -0.2) is 41.2 Å². The van der Waals surface area contributed by atoms with Crippen molar-refractivity contribution in [1.82, 2.24) is 15.1 Å². The lowest BCUT2D eigenvalue weighted by Crippen LogP contribution is -2.33. The van der Waals surface area contributed by atoms with Gasteiger partial charge in [-0.3, -0.25) is 9.69 Å². The molecule has 0 radical (unpaired) electrons. The zero-order valence-electron chi connectivity index (χ0n) is 14.4. The largest absolute Gasteiger partial charge is 0.495 e. The molecular weight excluding hydrogens is 308 g/mol. The number of nitrogens with zero attached hydrogens (tertiary/aromatic N) is 3. The summed E-state index contributed by atoms with van der Waals surface area (Å²) in [6.07, 6.45) is 1.63. The molecule has 1 amide bonds. The van der Waals surface area contributed by atoms with Gasteiger partial charge >= 0.3 is 0 Å². The monoisotopic (exact) mass is 332 g/mol. The molecule has 1 aromatic carbocycles. The number of carbonyl (C=O) groups is 1. The summed E-state index contributed by atoms with van der Waals surface area (Å²) in [5.41, 5.74) is 0.660. The van der Waals surface area contributed by atoms with Crippen LogP contribution in [0.25, 0.3) is 0 Å². The Bertz CT molecular complexity index is 657. The Balaban J connectivity index is 1.97. The number of para-hydroxylation sites is 2. The van der Waals surface area contributed by atoms with Gasteiger partial charge < -0.3 is 14.5 Å². The Morgan fingerprint density at radius 2 is 2.00 bits per heavy atom. The number of methoxy groups -OCH3 is 1. The van der Waals surface area contributed by atoms with Crippen molar-refractivity contribution in [3.05, 3.63) is 36.0 Å². The molecule has 2 rings (SSSR count). The molecule has 0 aliphatic carbocycles. The molecule has 130 valence electrons. The molecule has 1 aromatic heterocycles. The third-order valence-corrected chi connectivity index (χ3v) is 3.46. The standard InChI is InChI=1S/C17H24N4O3/c1-4-10-21(12-17-20-19-16(5-2)24-17)11-15(22)18-13-8-6-7-9-14(13)23-3/h6-9H,4-5,10-12H2,1-3H3,(H,18,22). The fourth-order valence-electron chi connectivity index (χ4n) is 2.36. The van der Waals surface area contributed by atoms with E-state index in [4.69, 9.17) is 9.15 Å². The van der Waals surface area contributed by atoms with Crippen molar-refractivity contribution in [2.75, 3.05) is 25.5 Å². The topological polar surface area (TPSA) is 80.5 Å². The van der Waals surface area contributed by atoms with Gasteiger partial charge in [0.2, 0.25) is 17.7 Å². The van der Waals surface area contributed by atoms with Crippen LogP contribution in [0.3, 0.4) is 0 Å². The molecule has 1 heterocycles. The van der Waals surface area contributed by atoms with Gasteiger partial charge in [-0.1, -0.05) is 26.0 Å². The molecular formula is C17H24N4O3.